The Bertz CT molecular complexity index is 2070. The summed E-state index contributed by atoms with van der Waals surface area (Å²) in [6.07, 6.45) is 0. The smallest absolute Gasteiger partial charge is 0.136 e. The largest absolute Gasteiger partial charge is 0.456 e. The van der Waals surface area contributed by atoms with Crippen LogP contribution in [0.2, 0.25) is 0 Å². The molecule has 178 valence electrons. The summed E-state index contributed by atoms with van der Waals surface area (Å²) in [5.41, 5.74) is 5.23. The lowest BCUT2D eigenvalue weighted by Crippen LogP contribution is -2.10. The lowest BCUT2D eigenvalue weighted by Gasteiger charge is -2.26. The van der Waals surface area contributed by atoms with E-state index < -0.39 is 0 Å². The zero-order chi connectivity index (χ0) is 25.1. The standard InChI is InChI=1S/C36H23NO/c1-3-9-26-21-29(16-13-24(26)7-1)37(30-17-14-25-8-2-4-10-27(25)22-30)31-18-19-32-28(23-31)15-20-35-36(32)33-11-5-6-12-34(33)38-35/h1-23H. The van der Waals surface area contributed by atoms with Crippen molar-refractivity contribution in [3.05, 3.63) is 140 Å². The Morgan fingerprint density at radius 2 is 0.895 bits per heavy atom. The summed E-state index contributed by atoms with van der Waals surface area (Å²) in [6.45, 7) is 0. The maximum absolute atomic E-state index is 6.15. The second-order valence-corrected chi connectivity index (χ2v) is 9.84. The van der Waals surface area contributed by atoms with Crippen LogP contribution < -0.4 is 4.90 Å². The van der Waals surface area contributed by atoms with Gasteiger partial charge in [-0.05, 0) is 80.8 Å². The van der Waals surface area contributed by atoms with Crippen molar-refractivity contribution in [1.29, 1.82) is 0 Å². The minimum Gasteiger partial charge on any atom is -0.456 e. The molecule has 0 aliphatic rings. The number of furan rings is 1. The number of para-hydroxylation sites is 1. The van der Waals surface area contributed by atoms with Crippen LogP contribution in [-0.2, 0) is 0 Å². The Labute approximate surface area is 220 Å². The highest BCUT2D eigenvalue weighted by Crippen LogP contribution is 2.41. The molecule has 0 saturated heterocycles. The van der Waals surface area contributed by atoms with Gasteiger partial charge in [0.15, 0.2) is 0 Å². The van der Waals surface area contributed by atoms with Gasteiger partial charge in [-0.1, -0.05) is 91.0 Å². The van der Waals surface area contributed by atoms with E-state index in [1.54, 1.807) is 0 Å². The summed E-state index contributed by atoms with van der Waals surface area (Å²) in [4.78, 5) is 2.36. The number of benzene rings is 7. The summed E-state index contributed by atoms with van der Waals surface area (Å²) in [5, 5.41) is 9.65. The molecule has 0 amide bonds. The summed E-state index contributed by atoms with van der Waals surface area (Å²) >= 11 is 0. The van der Waals surface area contributed by atoms with Crippen LogP contribution in [0.25, 0.3) is 54.3 Å². The van der Waals surface area contributed by atoms with Crippen molar-refractivity contribution < 1.29 is 4.42 Å². The molecule has 0 aliphatic heterocycles. The highest BCUT2D eigenvalue weighted by molar-refractivity contribution is 6.19. The van der Waals surface area contributed by atoms with Gasteiger partial charge in [0.1, 0.15) is 11.2 Å². The molecule has 2 heteroatoms. The number of rotatable bonds is 3. The third kappa shape index (κ3) is 3.28. The molecule has 2 nitrogen and oxygen atoms in total. The predicted molar refractivity (Wildman–Crippen MR) is 161 cm³/mol. The molecule has 0 bridgehead atoms. The van der Waals surface area contributed by atoms with Crippen LogP contribution in [-0.4, -0.2) is 0 Å². The first-order chi connectivity index (χ1) is 18.8. The van der Waals surface area contributed by atoms with E-state index in [0.29, 0.717) is 0 Å². The van der Waals surface area contributed by atoms with Crippen molar-refractivity contribution in [2.24, 2.45) is 0 Å². The van der Waals surface area contributed by atoms with Crippen LogP contribution in [0.3, 0.4) is 0 Å². The zero-order valence-corrected chi connectivity index (χ0v) is 20.6. The minimum absolute atomic E-state index is 0.923. The van der Waals surface area contributed by atoms with Gasteiger partial charge in [-0.2, -0.15) is 0 Å². The van der Waals surface area contributed by atoms with Crippen molar-refractivity contribution in [2.75, 3.05) is 4.90 Å². The summed E-state index contributed by atoms with van der Waals surface area (Å²) < 4.78 is 6.15. The second-order valence-electron chi connectivity index (χ2n) is 9.84. The fourth-order valence-corrected chi connectivity index (χ4v) is 5.76. The first-order valence-electron chi connectivity index (χ1n) is 12.9. The molecule has 0 unspecified atom stereocenters. The van der Waals surface area contributed by atoms with Gasteiger partial charge in [0.25, 0.3) is 0 Å². The molecule has 0 atom stereocenters. The van der Waals surface area contributed by atoms with Crippen molar-refractivity contribution in [3.63, 3.8) is 0 Å². The van der Waals surface area contributed by atoms with Crippen LogP contribution in [0.5, 0.6) is 0 Å². The average Bonchev–Trinajstić information content (AvgIpc) is 3.36. The third-order valence-corrected chi connectivity index (χ3v) is 7.58. The predicted octanol–water partition coefficient (Wildman–Crippen LogP) is 10.5. The van der Waals surface area contributed by atoms with Crippen LogP contribution >= 0.6 is 0 Å². The van der Waals surface area contributed by atoms with Gasteiger partial charge >= 0.3 is 0 Å². The van der Waals surface area contributed by atoms with Gasteiger partial charge in [-0.3, -0.25) is 0 Å². The van der Waals surface area contributed by atoms with E-state index in [1.165, 1.54) is 37.7 Å². The molecular formula is C36H23NO. The Balaban J connectivity index is 1.37. The quantitative estimate of drug-likeness (QED) is 0.247. The van der Waals surface area contributed by atoms with E-state index in [-0.39, 0.29) is 0 Å². The van der Waals surface area contributed by atoms with E-state index in [4.69, 9.17) is 4.42 Å². The minimum atomic E-state index is 0.923. The van der Waals surface area contributed by atoms with E-state index in [2.05, 4.69) is 132 Å². The highest BCUT2D eigenvalue weighted by atomic mass is 16.3. The number of hydrogen-bond acceptors (Lipinski definition) is 2. The molecule has 0 N–H and O–H groups in total. The third-order valence-electron chi connectivity index (χ3n) is 7.58. The molecule has 8 rings (SSSR count). The molecule has 1 aromatic heterocycles. The first-order valence-corrected chi connectivity index (χ1v) is 12.9. The molecule has 8 aromatic rings. The lowest BCUT2D eigenvalue weighted by atomic mass is 10.0. The van der Waals surface area contributed by atoms with E-state index in [9.17, 15) is 0 Å². The molecular weight excluding hydrogens is 462 g/mol. The molecule has 38 heavy (non-hydrogen) atoms. The maximum atomic E-state index is 6.15. The van der Waals surface area contributed by atoms with Crippen molar-refractivity contribution in [3.8, 4) is 0 Å². The maximum Gasteiger partial charge on any atom is 0.136 e. The molecule has 1 heterocycles. The molecule has 0 aliphatic carbocycles. The molecule has 0 saturated carbocycles. The van der Waals surface area contributed by atoms with Gasteiger partial charge in [0, 0.05) is 27.8 Å². The summed E-state index contributed by atoms with van der Waals surface area (Å²) in [7, 11) is 0. The van der Waals surface area contributed by atoms with Crippen molar-refractivity contribution in [1.82, 2.24) is 0 Å². The van der Waals surface area contributed by atoms with Crippen molar-refractivity contribution >= 4 is 71.3 Å². The first kappa shape index (κ1) is 21.0. The normalized spacial score (nSPS) is 11.7. The Morgan fingerprint density at radius 3 is 1.58 bits per heavy atom. The van der Waals surface area contributed by atoms with Gasteiger partial charge < -0.3 is 9.32 Å². The van der Waals surface area contributed by atoms with Gasteiger partial charge in [0.2, 0.25) is 0 Å². The van der Waals surface area contributed by atoms with Gasteiger partial charge in [0.05, 0.1) is 0 Å². The van der Waals surface area contributed by atoms with E-state index >= 15 is 0 Å². The number of nitrogens with zero attached hydrogens (tertiary/aromatic N) is 1. The molecule has 0 fully saturated rings. The average molecular weight is 486 g/mol. The van der Waals surface area contributed by atoms with Crippen LogP contribution in [0.1, 0.15) is 0 Å². The van der Waals surface area contributed by atoms with Crippen LogP contribution in [0, 0.1) is 0 Å². The van der Waals surface area contributed by atoms with Gasteiger partial charge in [-0.25, -0.2) is 0 Å². The summed E-state index contributed by atoms with van der Waals surface area (Å²) in [6, 6.07) is 49.8. The summed E-state index contributed by atoms with van der Waals surface area (Å²) in [5.74, 6) is 0. The topological polar surface area (TPSA) is 16.4 Å². The van der Waals surface area contributed by atoms with Crippen LogP contribution in [0.15, 0.2) is 144 Å². The Kier molecular flexibility index (Phi) is 4.55. The second kappa shape index (κ2) is 8.22. The SMILES string of the molecule is c1ccc2cc(N(c3ccc4ccccc4c3)c3ccc4c(ccc5oc6ccccc6c54)c3)ccc2c1. The molecule has 0 radical (unpaired) electrons. The van der Waals surface area contributed by atoms with Crippen molar-refractivity contribution in [2.45, 2.75) is 0 Å². The molecule has 0 spiro atoms. The Hall–Kier alpha value is -5.08. The monoisotopic (exact) mass is 485 g/mol. The fraction of sp³-hybridized carbons (Fsp3) is 0. The number of fused-ring (bicyclic) bond motifs is 7. The highest BCUT2D eigenvalue weighted by Gasteiger charge is 2.16. The zero-order valence-electron chi connectivity index (χ0n) is 20.6. The number of hydrogen-bond donors (Lipinski definition) is 0. The van der Waals surface area contributed by atoms with Crippen LogP contribution in [0.4, 0.5) is 17.1 Å². The number of anilines is 3. The van der Waals surface area contributed by atoms with Gasteiger partial charge in [-0.15, -0.1) is 0 Å². The Morgan fingerprint density at radius 1 is 0.368 bits per heavy atom. The van der Waals surface area contributed by atoms with E-state index in [0.717, 1.165) is 33.6 Å². The fourth-order valence-electron chi connectivity index (χ4n) is 5.76. The lowest BCUT2D eigenvalue weighted by molar-refractivity contribution is 0.669. The van der Waals surface area contributed by atoms with E-state index in [1.807, 2.05) is 12.1 Å². The molecule has 7 aromatic carbocycles.